The van der Waals surface area contributed by atoms with Crippen molar-refractivity contribution >= 4 is 12.0 Å². The van der Waals surface area contributed by atoms with Gasteiger partial charge >= 0.3 is 6.09 Å². The summed E-state index contributed by atoms with van der Waals surface area (Å²) in [5.41, 5.74) is -0.342. The number of carbonyl (C=O) groups excluding carboxylic acids is 1. The van der Waals surface area contributed by atoms with Gasteiger partial charge in [-0.25, -0.2) is 23.0 Å². The van der Waals surface area contributed by atoms with Crippen molar-refractivity contribution < 1.29 is 32.7 Å². The van der Waals surface area contributed by atoms with Crippen molar-refractivity contribution in [3.05, 3.63) is 35.1 Å². The van der Waals surface area contributed by atoms with Crippen LogP contribution in [0.15, 0.2) is 12.1 Å². The number of carbonyl (C=O) groups is 2. The number of amides is 2. The smallest absolute Gasteiger partial charge is 0.405 e. The van der Waals surface area contributed by atoms with E-state index < -0.39 is 41.9 Å². The minimum absolute atomic E-state index is 0.326. The van der Waals surface area contributed by atoms with Crippen LogP contribution in [0.2, 0.25) is 0 Å². The van der Waals surface area contributed by atoms with Gasteiger partial charge in [0.25, 0.3) is 5.91 Å². The van der Waals surface area contributed by atoms with Crippen molar-refractivity contribution in [2.75, 3.05) is 14.2 Å². The number of nitrogens with zero attached hydrogens (tertiary/aromatic N) is 1. The zero-order valence-corrected chi connectivity index (χ0v) is 11.2. The third-order valence-electron chi connectivity index (χ3n) is 2.69. The molecule has 116 valence electrons. The molecule has 1 rings (SSSR count). The third kappa shape index (κ3) is 4.35. The van der Waals surface area contributed by atoms with Crippen LogP contribution in [0.5, 0.6) is 0 Å². The molecule has 0 fully saturated rings. The molecule has 0 aliphatic carbocycles. The van der Waals surface area contributed by atoms with Crippen LogP contribution in [0.25, 0.3) is 0 Å². The maximum atomic E-state index is 13.5. The quantitative estimate of drug-likeness (QED) is 0.635. The lowest BCUT2D eigenvalue weighted by atomic mass is 10.0. The molecule has 0 heterocycles. The Hall–Kier alpha value is -2.29. The molecule has 0 spiro atoms. The highest BCUT2D eigenvalue weighted by atomic mass is 19.2. The number of hydrogen-bond donors (Lipinski definition) is 2. The minimum Gasteiger partial charge on any atom is -0.465 e. The molecule has 6 nitrogen and oxygen atoms in total. The van der Waals surface area contributed by atoms with Gasteiger partial charge in [0.05, 0.1) is 7.11 Å². The van der Waals surface area contributed by atoms with Crippen molar-refractivity contribution in [2.24, 2.45) is 0 Å². The first-order valence-corrected chi connectivity index (χ1v) is 5.70. The molecule has 0 bridgehead atoms. The van der Waals surface area contributed by atoms with Crippen molar-refractivity contribution in [3.8, 4) is 0 Å². The average Bonchev–Trinajstić information content (AvgIpc) is 2.41. The van der Waals surface area contributed by atoms with Gasteiger partial charge in [-0.2, -0.15) is 0 Å². The molecular formula is C12H13F3N2O4. The predicted molar refractivity (Wildman–Crippen MR) is 64.7 cm³/mol. The first-order valence-electron chi connectivity index (χ1n) is 5.70. The van der Waals surface area contributed by atoms with E-state index in [1.54, 1.807) is 0 Å². The Balaban J connectivity index is 3.04. The lowest BCUT2D eigenvalue weighted by Gasteiger charge is -2.21. The molecule has 0 aromatic heterocycles. The predicted octanol–water partition coefficient (Wildman–Crippen LogP) is 1.30. The number of hydrogen-bond acceptors (Lipinski definition) is 3. The molecule has 21 heavy (non-hydrogen) atoms. The van der Waals surface area contributed by atoms with Crippen molar-refractivity contribution in [3.63, 3.8) is 0 Å². The van der Waals surface area contributed by atoms with E-state index in [-0.39, 0.29) is 5.56 Å². The summed E-state index contributed by atoms with van der Waals surface area (Å²) in [6, 6.07) is -0.513. The minimum atomic E-state index is -1.53. The Labute approximate surface area is 118 Å². The van der Waals surface area contributed by atoms with E-state index in [4.69, 9.17) is 5.11 Å². The SMILES string of the molecule is CON(C)C(=O)C(Cc1cc(F)c(F)cc1F)NC(=O)O. The molecule has 1 aromatic rings. The van der Waals surface area contributed by atoms with Gasteiger partial charge in [-0.3, -0.25) is 9.63 Å². The Morgan fingerprint density at radius 2 is 1.86 bits per heavy atom. The summed E-state index contributed by atoms with van der Waals surface area (Å²) in [5, 5.41) is 11.3. The standard InChI is InChI=1S/C12H13F3N2O4/c1-17(21-2)11(18)10(16-12(19)20)4-6-3-8(14)9(15)5-7(6)13/h3,5,10,16H,4H2,1-2H3,(H,19,20). The maximum Gasteiger partial charge on any atom is 0.405 e. The van der Waals surface area contributed by atoms with E-state index in [0.717, 1.165) is 5.06 Å². The molecule has 1 atom stereocenters. The molecule has 0 radical (unpaired) electrons. The Bertz CT molecular complexity index is 554. The van der Waals surface area contributed by atoms with Gasteiger partial charge in [0, 0.05) is 19.5 Å². The van der Waals surface area contributed by atoms with Crippen molar-refractivity contribution in [1.29, 1.82) is 0 Å². The molecular weight excluding hydrogens is 293 g/mol. The molecule has 9 heteroatoms. The summed E-state index contributed by atoms with van der Waals surface area (Å²) in [7, 11) is 2.40. The fourth-order valence-corrected chi connectivity index (χ4v) is 1.60. The van der Waals surface area contributed by atoms with E-state index in [0.29, 0.717) is 12.1 Å². The van der Waals surface area contributed by atoms with Crippen LogP contribution in [0.3, 0.4) is 0 Å². The third-order valence-corrected chi connectivity index (χ3v) is 2.69. The maximum absolute atomic E-state index is 13.5. The van der Waals surface area contributed by atoms with E-state index >= 15 is 0 Å². The van der Waals surface area contributed by atoms with Gasteiger partial charge in [-0.15, -0.1) is 0 Å². The normalized spacial score (nSPS) is 11.9. The summed E-state index contributed by atoms with van der Waals surface area (Å²) < 4.78 is 39.5. The fraction of sp³-hybridized carbons (Fsp3) is 0.333. The summed E-state index contributed by atoms with van der Waals surface area (Å²) in [4.78, 5) is 27.1. The van der Waals surface area contributed by atoms with Gasteiger partial charge in [0.15, 0.2) is 11.6 Å². The number of benzene rings is 1. The number of likely N-dealkylation sites (N-methyl/N-ethyl adjacent to an activating group) is 1. The number of carboxylic acid groups (broad SMARTS) is 1. The van der Waals surface area contributed by atoms with Gasteiger partial charge in [0.2, 0.25) is 0 Å². The molecule has 1 aromatic carbocycles. The molecule has 0 aliphatic rings. The Morgan fingerprint density at radius 3 is 2.38 bits per heavy atom. The van der Waals surface area contributed by atoms with Gasteiger partial charge in [-0.05, 0) is 11.6 Å². The van der Waals surface area contributed by atoms with Crippen LogP contribution in [-0.2, 0) is 16.1 Å². The summed E-state index contributed by atoms with van der Waals surface area (Å²) in [6.45, 7) is 0. The fourth-order valence-electron chi connectivity index (χ4n) is 1.60. The molecule has 0 saturated carbocycles. The molecule has 0 saturated heterocycles. The van der Waals surface area contributed by atoms with Crippen LogP contribution < -0.4 is 5.32 Å². The number of halogens is 3. The van der Waals surface area contributed by atoms with E-state index in [9.17, 15) is 22.8 Å². The molecule has 0 aliphatic heterocycles. The van der Waals surface area contributed by atoms with Crippen molar-refractivity contribution in [1.82, 2.24) is 10.4 Å². The van der Waals surface area contributed by atoms with Gasteiger partial charge < -0.3 is 10.4 Å². The molecule has 2 amide bonds. The second-order valence-electron chi connectivity index (χ2n) is 4.08. The van der Waals surface area contributed by atoms with E-state index in [2.05, 4.69) is 4.84 Å². The number of hydroxylamine groups is 2. The van der Waals surface area contributed by atoms with Crippen LogP contribution in [0.1, 0.15) is 5.56 Å². The first kappa shape index (κ1) is 16.8. The highest BCUT2D eigenvalue weighted by Crippen LogP contribution is 2.16. The van der Waals surface area contributed by atoms with Crippen LogP contribution in [0, 0.1) is 17.5 Å². The second kappa shape index (κ2) is 6.93. The van der Waals surface area contributed by atoms with Crippen LogP contribution in [-0.4, -0.2) is 42.4 Å². The van der Waals surface area contributed by atoms with Gasteiger partial charge in [0.1, 0.15) is 11.9 Å². The molecule has 2 N–H and O–H groups in total. The highest BCUT2D eigenvalue weighted by Gasteiger charge is 2.26. The number of nitrogens with one attached hydrogen (secondary N) is 1. The summed E-state index contributed by atoms with van der Waals surface area (Å²) in [6.07, 6.45) is -2.03. The van der Waals surface area contributed by atoms with Crippen molar-refractivity contribution in [2.45, 2.75) is 12.5 Å². The highest BCUT2D eigenvalue weighted by molar-refractivity contribution is 5.84. The second-order valence-corrected chi connectivity index (χ2v) is 4.08. The average molecular weight is 306 g/mol. The Morgan fingerprint density at radius 1 is 1.29 bits per heavy atom. The van der Waals surface area contributed by atoms with Crippen LogP contribution >= 0.6 is 0 Å². The number of rotatable bonds is 5. The summed E-state index contributed by atoms with van der Waals surface area (Å²) in [5.74, 6) is -4.57. The van der Waals surface area contributed by atoms with E-state index in [1.165, 1.54) is 14.2 Å². The van der Waals surface area contributed by atoms with Gasteiger partial charge in [-0.1, -0.05) is 0 Å². The first-order chi connectivity index (χ1) is 9.76. The zero-order chi connectivity index (χ0) is 16.2. The van der Waals surface area contributed by atoms with E-state index in [1.807, 2.05) is 5.32 Å². The summed E-state index contributed by atoms with van der Waals surface area (Å²) >= 11 is 0. The lowest BCUT2D eigenvalue weighted by molar-refractivity contribution is -0.170. The van der Waals surface area contributed by atoms with Crippen LogP contribution in [0.4, 0.5) is 18.0 Å². The lowest BCUT2D eigenvalue weighted by Crippen LogP contribution is -2.48. The largest absolute Gasteiger partial charge is 0.465 e. The monoisotopic (exact) mass is 306 g/mol. The topological polar surface area (TPSA) is 78.9 Å². The zero-order valence-electron chi connectivity index (χ0n) is 11.2. The molecule has 1 unspecified atom stereocenters. The Kier molecular flexibility index (Phi) is 5.53.